The van der Waals surface area contributed by atoms with Gasteiger partial charge in [-0.2, -0.15) is 0 Å². The summed E-state index contributed by atoms with van der Waals surface area (Å²) in [5.41, 5.74) is 1.34. The highest BCUT2D eigenvalue weighted by atomic mass is 16.4. The van der Waals surface area contributed by atoms with E-state index in [2.05, 4.69) is 4.98 Å². The minimum absolute atomic E-state index is 0.349. The highest BCUT2D eigenvalue weighted by Crippen LogP contribution is 2.12. The summed E-state index contributed by atoms with van der Waals surface area (Å²) in [5, 5.41) is 9.09. The van der Waals surface area contributed by atoms with Gasteiger partial charge in [-0.15, -0.1) is 0 Å². The van der Waals surface area contributed by atoms with Crippen LogP contribution in [-0.4, -0.2) is 25.2 Å². The zero-order valence-electron chi connectivity index (χ0n) is 9.71. The largest absolute Gasteiger partial charge is 0.477 e. The Morgan fingerprint density at radius 3 is 2.88 bits per heavy atom. The Balaban J connectivity index is 2.30. The second-order valence-electron chi connectivity index (χ2n) is 3.90. The van der Waals surface area contributed by atoms with Crippen LogP contribution in [-0.2, 0) is 13.1 Å². The lowest BCUT2D eigenvalue weighted by Crippen LogP contribution is -2.12. The molecule has 90 valence electrons. The van der Waals surface area contributed by atoms with Crippen molar-refractivity contribution in [3.8, 4) is 0 Å². The molecule has 0 saturated carbocycles. The first-order valence-corrected chi connectivity index (χ1v) is 5.59. The fraction of sp³-hybridized carbons (Fsp3) is 0.333. The SMILES string of the molecule is CCCn1c(Cn2ccnc2)ccc1C(=O)O. The summed E-state index contributed by atoms with van der Waals surface area (Å²) in [6.45, 7) is 3.40. The minimum atomic E-state index is -0.879. The fourth-order valence-electron chi connectivity index (χ4n) is 1.89. The van der Waals surface area contributed by atoms with Gasteiger partial charge in [-0.25, -0.2) is 9.78 Å². The maximum absolute atomic E-state index is 11.1. The molecule has 2 heterocycles. The number of hydrogen-bond donors (Lipinski definition) is 1. The number of aromatic carboxylic acids is 1. The molecule has 2 aromatic rings. The summed E-state index contributed by atoms with van der Waals surface area (Å²) in [4.78, 5) is 15.0. The topological polar surface area (TPSA) is 60.0 Å². The van der Waals surface area contributed by atoms with Crippen molar-refractivity contribution in [2.75, 3.05) is 0 Å². The molecule has 0 aliphatic heterocycles. The average molecular weight is 233 g/mol. The molecule has 0 aromatic carbocycles. The Hall–Kier alpha value is -2.04. The maximum Gasteiger partial charge on any atom is 0.352 e. The molecule has 2 rings (SSSR count). The predicted molar refractivity (Wildman–Crippen MR) is 63.0 cm³/mol. The second-order valence-corrected chi connectivity index (χ2v) is 3.90. The highest BCUT2D eigenvalue weighted by Gasteiger charge is 2.13. The highest BCUT2D eigenvalue weighted by molar-refractivity contribution is 5.86. The van der Waals surface area contributed by atoms with Crippen LogP contribution in [0.5, 0.6) is 0 Å². The first-order valence-electron chi connectivity index (χ1n) is 5.59. The maximum atomic E-state index is 11.1. The number of rotatable bonds is 5. The zero-order chi connectivity index (χ0) is 12.3. The van der Waals surface area contributed by atoms with Gasteiger partial charge in [-0.05, 0) is 18.6 Å². The molecule has 5 heteroatoms. The van der Waals surface area contributed by atoms with E-state index in [-0.39, 0.29) is 0 Å². The predicted octanol–water partition coefficient (Wildman–Crippen LogP) is 1.84. The lowest BCUT2D eigenvalue weighted by atomic mass is 10.4. The number of carbonyl (C=O) groups is 1. The lowest BCUT2D eigenvalue weighted by Gasteiger charge is -2.10. The molecule has 0 saturated heterocycles. The van der Waals surface area contributed by atoms with Gasteiger partial charge >= 0.3 is 5.97 Å². The Morgan fingerprint density at radius 2 is 2.29 bits per heavy atom. The van der Waals surface area contributed by atoms with Gasteiger partial charge in [-0.1, -0.05) is 6.92 Å². The molecule has 0 spiro atoms. The molecule has 5 nitrogen and oxygen atoms in total. The number of hydrogen-bond acceptors (Lipinski definition) is 2. The molecule has 0 bridgehead atoms. The summed E-state index contributed by atoms with van der Waals surface area (Å²) >= 11 is 0. The van der Waals surface area contributed by atoms with E-state index in [0.717, 1.165) is 18.7 Å². The van der Waals surface area contributed by atoms with Crippen molar-refractivity contribution >= 4 is 5.97 Å². The van der Waals surface area contributed by atoms with Crippen molar-refractivity contribution in [1.29, 1.82) is 0 Å². The number of carboxylic acids is 1. The van der Waals surface area contributed by atoms with Gasteiger partial charge in [0.05, 0.1) is 12.9 Å². The molecule has 0 amide bonds. The number of imidazole rings is 1. The first-order chi connectivity index (χ1) is 8.22. The van der Waals surface area contributed by atoms with E-state index in [1.807, 2.05) is 28.3 Å². The van der Waals surface area contributed by atoms with Crippen LogP contribution in [0.2, 0.25) is 0 Å². The van der Waals surface area contributed by atoms with E-state index in [1.54, 1.807) is 18.6 Å². The van der Waals surface area contributed by atoms with Crippen molar-refractivity contribution in [3.63, 3.8) is 0 Å². The van der Waals surface area contributed by atoms with E-state index < -0.39 is 5.97 Å². The van der Waals surface area contributed by atoms with Crippen LogP contribution in [0.15, 0.2) is 30.9 Å². The van der Waals surface area contributed by atoms with Gasteiger partial charge in [0, 0.05) is 24.6 Å². The standard InChI is InChI=1S/C12H15N3O2/c1-2-6-15-10(3-4-11(15)12(16)17)8-14-7-5-13-9-14/h3-5,7,9H,2,6,8H2,1H3,(H,16,17). The van der Waals surface area contributed by atoms with Crippen LogP contribution >= 0.6 is 0 Å². The smallest absolute Gasteiger partial charge is 0.352 e. The molecule has 1 N–H and O–H groups in total. The van der Waals surface area contributed by atoms with Crippen molar-refractivity contribution in [2.45, 2.75) is 26.4 Å². The summed E-state index contributed by atoms with van der Waals surface area (Å²) < 4.78 is 3.77. The molecule has 0 aliphatic carbocycles. The van der Waals surface area contributed by atoms with Crippen molar-refractivity contribution in [1.82, 2.24) is 14.1 Å². The van der Waals surface area contributed by atoms with Crippen LogP contribution in [0.4, 0.5) is 0 Å². The monoisotopic (exact) mass is 233 g/mol. The molecule has 0 radical (unpaired) electrons. The number of carboxylic acid groups (broad SMARTS) is 1. The average Bonchev–Trinajstić information content (AvgIpc) is 2.90. The third-order valence-corrected chi connectivity index (χ3v) is 2.64. The molecule has 2 aromatic heterocycles. The van der Waals surface area contributed by atoms with Gasteiger partial charge in [0.25, 0.3) is 0 Å². The Bertz CT molecular complexity index is 500. The van der Waals surface area contributed by atoms with Gasteiger partial charge < -0.3 is 14.2 Å². The van der Waals surface area contributed by atoms with Crippen LogP contribution in [0.25, 0.3) is 0 Å². The van der Waals surface area contributed by atoms with E-state index >= 15 is 0 Å². The van der Waals surface area contributed by atoms with Crippen LogP contribution in [0, 0.1) is 0 Å². The van der Waals surface area contributed by atoms with Crippen molar-refractivity contribution < 1.29 is 9.90 Å². The summed E-state index contributed by atoms with van der Waals surface area (Å²) in [7, 11) is 0. The van der Waals surface area contributed by atoms with Gasteiger partial charge in [0.2, 0.25) is 0 Å². The number of aromatic nitrogens is 3. The van der Waals surface area contributed by atoms with E-state index in [1.165, 1.54) is 0 Å². The number of nitrogens with zero attached hydrogens (tertiary/aromatic N) is 3. The Kier molecular flexibility index (Phi) is 3.27. The van der Waals surface area contributed by atoms with Crippen molar-refractivity contribution in [2.24, 2.45) is 0 Å². The van der Waals surface area contributed by atoms with Crippen LogP contribution in [0.3, 0.4) is 0 Å². The Morgan fingerprint density at radius 1 is 1.47 bits per heavy atom. The molecular weight excluding hydrogens is 218 g/mol. The molecular formula is C12H15N3O2. The van der Waals surface area contributed by atoms with E-state index in [4.69, 9.17) is 5.11 Å². The normalized spacial score (nSPS) is 10.6. The Labute approximate surface area is 99.3 Å². The van der Waals surface area contributed by atoms with Gasteiger partial charge in [0.1, 0.15) is 5.69 Å². The van der Waals surface area contributed by atoms with Crippen LogP contribution in [0.1, 0.15) is 29.5 Å². The van der Waals surface area contributed by atoms with E-state index in [0.29, 0.717) is 12.2 Å². The zero-order valence-corrected chi connectivity index (χ0v) is 9.71. The van der Waals surface area contributed by atoms with Gasteiger partial charge in [-0.3, -0.25) is 0 Å². The summed E-state index contributed by atoms with van der Waals surface area (Å²) in [6.07, 6.45) is 6.21. The molecule has 17 heavy (non-hydrogen) atoms. The van der Waals surface area contributed by atoms with E-state index in [9.17, 15) is 4.79 Å². The summed E-state index contributed by atoms with van der Waals surface area (Å²) in [5.74, 6) is -0.879. The van der Waals surface area contributed by atoms with Crippen molar-refractivity contribution in [3.05, 3.63) is 42.2 Å². The summed E-state index contributed by atoms with van der Waals surface area (Å²) in [6, 6.07) is 3.52. The fourth-order valence-corrected chi connectivity index (χ4v) is 1.89. The van der Waals surface area contributed by atoms with Crippen LogP contribution < -0.4 is 0 Å². The second kappa shape index (κ2) is 4.86. The molecule has 0 atom stereocenters. The quantitative estimate of drug-likeness (QED) is 0.857. The molecule has 0 fully saturated rings. The minimum Gasteiger partial charge on any atom is -0.477 e. The lowest BCUT2D eigenvalue weighted by molar-refractivity contribution is 0.0684. The van der Waals surface area contributed by atoms with Gasteiger partial charge in [0.15, 0.2) is 0 Å². The first kappa shape index (κ1) is 11.4. The molecule has 0 aliphatic rings. The molecule has 0 unspecified atom stereocenters. The third kappa shape index (κ3) is 2.38. The third-order valence-electron chi connectivity index (χ3n) is 2.64.